The maximum absolute atomic E-state index is 13.1. The highest BCUT2D eigenvalue weighted by Gasteiger charge is 2.12. The molecule has 7 nitrogen and oxygen atoms in total. The van der Waals surface area contributed by atoms with Crippen LogP contribution >= 0.6 is 0 Å². The van der Waals surface area contributed by atoms with Crippen molar-refractivity contribution in [2.45, 2.75) is 0 Å². The topological polar surface area (TPSA) is 84.3 Å². The van der Waals surface area contributed by atoms with E-state index in [1.165, 1.54) is 16.5 Å². The van der Waals surface area contributed by atoms with Gasteiger partial charge in [-0.15, -0.1) is 0 Å². The molecule has 0 fully saturated rings. The van der Waals surface area contributed by atoms with Crippen LogP contribution in [0.3, 0.4) is 0 Å². The smallest absolute Gasteiger partial charge is 0.350 e. The van der Waals surface area contributed by atoms with Crippen molar-refractivity contribution in [1.29, 1.82) is 0 Å². The second-order valence-corrected chi connectivity index (χ2v) is 5.55. The molecule has 0 saturated carbocycles. The standard InChI is InChI=1S/C18H14FN5O2/c1-26-14-8-2-11(3-9-14)15-10-16-22-23-18(25)24(16)17(21-15)20-13-6-4-12(19)5-7-13/h2-10H,1H3,(H,20,21)(H,23,25). The summed E-state index contributed by atoms with van der Waals surface area (Å²) in [5.74, 6) is 0.662. The number of fused-ring (bicyclic) bond motifs is 1. The molecule has 0 unspecified atom stereocenters. The Bertz CT molecular complexity index is 1120. The summed E-state index contributed by atoms with van der Waals surface area (Å²) < 4.78 is 19.6. The number of nitrogens with zero attached hydrogens (tertiary/aromatic N) is 3. The van der Waals surface area contributed by atoms with E-state index in [2.05, 4.69) is 20.5 Å². The Labute approximate surface area is 147 Å². The Morgan fingerprint density at radius 3 is 2.54 bits per heavy atom. The van der Waals surface area contributed by atoms with Crippen molar-refractivity contribution in [3.63, 3.8) is 0 Å². The van der Waals surface area contributed by atoms with Gasteiger partial charge in [0.2, 0.25) is 5.95 Å². The van der Waals surface area contributed by atoms with Gasteiger partial charge in [0.25, 0.3) is 0 Å². The number of methoxy groups -OCH3 is 1. The molecule has 0 aliphatic heterocycles. The molecular weight excluding hydrogens is 337 g/mol. The summed E-state index contributed by atoms with van der Waals surface area (Å²) in [5, 5.41) is 9.46. The Kier molecular flexibility index (Phi) is 3.85. The first kappa shape index (κ1) is 15.8. The van der Waals surface area contributed by atoms with Crippen molar-refractivity contribution >= 4 is 17.3 Å². The van der Waals surface area contributed by atoms with E-state index in [0.717, 1.165) is 11.3 Å². The van der Waals surface area contributed by atoms with Crippen LogP contribution in [0.15, 0.2) is 59.4 Å². The number of benzene rings is 2. The normalized spacial score (nSPS) is 10.8. The highest BCUT2D eigenvalue weighted by Crippen LogP contribution is 2.24. The number of aromatic nitrogens is 4. The molecule has 0 amide bonds. The lowest BCUT2D eigenvalue weighted by atomic mass is 10.1. The first-order valence-corrected chi connectivity index (χ1v) is 7.79. The number of anilines is 2. The van der Waals surface area contributed by atoms with E-state index in [1.807, 2.05) is 24.3 Å². The Hall–Kier alpha value is -3.68. The van der Waals surface area contributed by atoms with Crippen LogP contribution in [0.25, 0.3) is 16.9 Å². The van der Waals surface area contributed by atoms with Gasteiger partial charge < -0.3 is 10.1 Å². The van der Waals surface area contributed by atoms with Crippen molar-refractivity contribution in [3.05, 3.63) is 70.9 Å². The molecular formula is C18H14FN5O2. The lowest BCUT2D eigenvalue weighted by molar-refractivity contribution is 0.415. The van der Waals surface area contributed by atoms with E-state index in [0.29, 0.717) is 17.0 Å². The molecule has 2 aromatic carbocycles. The largest absolute Gasteiger partial charge is 0.497 e. The number of H-pyrrole nitrogens is 1. The minimum Gasteiger partial charge on any atom is -0.497 e. The van der Waals surface area contributed by atoms with Gasteiger partial charge in [0, 0.05) is 17.3 Å². The number of ether oxygens (including phenoxy) is 1. The first-order valence-electron chi connectivity index (χ1n) is 7.79. The molecule has 2 heterocycles. The van der Waals surface area contributed by atoms with Crippen molar-refractivity contribution in [2.24, 2.45) is 0 Å². The summed E-state index contributed by atoms with van der Waals surface area (Å²) in [4.78, 5) is 16.6. The third-order valence-electron chi connectivity index (χ3n) is 3.89. The minimum absolute atomic E-state index is 0.277. The molecule has 2 N–H and O–H groups in total. The van der Waals surface area contributed by atoms with E-state index < -0.39 is 5.69 Å². The number of halogens is 1. The molecule has 2 aromatic heterocycles. The molecule has 0 spiro atoms. The highest BCUT2D eigenvalue weighted by atomic mass is 19.1. The number of hydrogen-bond acceptors (Lipinski definition) is 5. The lowest BCUT2D eigenvalue weighted by Crippen LogP contribution is -2.14. The average molecular weight is 351 g/mol. The Morgan fingerprint density at radius 1 is 1.12 bits per heavy atom. The lowest BCUT2D eigenvalue weighted by Gasteiger charge is -2.10. The molecule has 0 radical (unpaired) electrons. The zero-order valence-corrected chi connectivity index (χ0v) is 13.7. The van der Waals surface area contributed by atoms with Crippen LogP contribution in [0.2, 0.25) is 0 Å². The minimum atomic E-state index is -0.418. The van der Waals surface area contributed by atoms with Gasteiger partial charge in [-0.2, -0.15) is 5.10 Å². The summed E-state index contributed by atoms with van der Waals surface area (Å²) in [5.41, 5.74) is 2.06. The molecule has 8 heteroatoms. The van der Waals surface area contributed by atoms with E-state index in [1.54, 1.807) is 25.3 Å². The molecule has 4 rings (SSSR count). The maximum atomic E-state index is 13.1. The molecule has 0 bridgehead atoms. The van der Waals surface area contributed by atoms with Crippen molar-refractivity contribution in [2.75, 3.05) is 12.4 Å². The number of rotatable bonds is 4. The summed E-state index contributed by atoms with van der Waals surface area (Å²) in [6.07, 6.45) is 0. The second-order valence-electron chi connectivity index (χ2n) is 5.55. The van der Waals surface area contributed by atoms with Crippen molar-refractivity contribution < 1.29 is 9.13 Å². The number of nitrogens with one attached hydrogen (secondary N) is 2. The predicted octanol–water partition coefficient (Wildman–Crippen LogP) is 2.98. The van der Waals surface area contributed by atoms with Crippen LogP contribution in [0.5, 0.6) is 5.75 Å². The Morgan fingerprint density at radius 2 is 1.85 bits per heavy atom. The van der Waals surface area contributed by atoms with E-state index in [9.17, 15) is 9.18 Å². The summed E-state index contributed by atoms with van der Waals surface area (Å²) in [7, 11) is 1.60. The SMILES string of the molecule is COc1ccc(-c2cc3n[nH]c(=O)n3c(Nc3ccc(F)cc3)n2)cc1. The van der Waals surface area contributed by atoms with Crippen LogP contribution in [0, 0.1) is 5.82 Å². The maximum Gasteiger partial charge on any atom is 0.350 e. The van der Waals surface area contributed by atoms with Gasteiger partial charge in [-0.25, -0.2) is 23.7 Å². The Balaban J connectivity index is 1.82. The third kappa shape index (κ3) is 2.88. The third-order valence-corrected chi connectivity index (χ3v) is 3.89. The van der Waals surface area contributed by atoms with Gasteiger partial charge in [0.1, 0.15) is 11.6 Å². The number of aromatic amines is 1. The molecule has 0 aliphatic rings. The molecule has 4 aromatic rings. The van der Waals surface area contributed by atoms with Gasteiger partial charge in [-0.1, -0.05) is 0 Å². The highest BCUT2D eigenvalue weighted by molar-refractivity contribution is 5.68. The number of hydrogen-bond donors (Lipinski definition) is 2. The summed E-state index contributed by atoms with van der Waals surface area (Å²) in [6, 6.07) is 14.9. The predicted molar refractivity (Wildman–Crippen MR) is 95.3 cm³/mol. The summed E-state index contributed by atoms with van der Waals surface area (Å²) >= 11 is 0. The van der Waals surface area contributed by atoms with Gasteiger partial charge in [0.05, 0.1) is 12.8 Å². The van der Waals surface area contributed by atoms with Gasteiger partial charge in [-0.3, -0.25) is 0 Å². The zero-order chi connectivity index (χ0) is 18.1. The fraction of sp³-hybridized carbons (Fsp3) is 0.0556. The van der Waals surface area contributed by atoms with E-state index in [-0.39, 0.29) is 11.8 Å². The van der Waals surface area contributed by atoms with E-state index >= 15 is 0 Å². The molecule has 0 aliphatic carbocycles. The van der Waals surface area contributed by atoms with Crippen LogP contribution in [-0.4, -0.2) is 26.7 Å². The van der Waals surface area contributed by atoms with Crippen LogP contribution in [-0.2, 0) is 0 Å². The van der Waals surface area contributed by atoms with Gasteiger partial charge >= 0.3 is 5.69 Å². The van der Waals surface area contributed by atoms with Crippen LogP contribution in [0.1, 0.15) is 0 Å². The molecule has 130 valence electrons. The molecule has 0 atom stereocenters. The fourth-order valence-corrected chi connectivity index (χ4v) is 2.59. The quantitative estimate of drug-likeness (QED) is 0.590. The first-order chi connectivity index (χ1) is 12.6. The molecule has 0 saturated heterocycles. The van der Waals surface area contributed by atoms with Gasteiger partial charge in [0.15, 0.2) is 5.65 Å². The fourth-order valence-electron chi connectivity index (χ4n) is 2.59. The second kappa shape index (κ2) is 6.32. The van der Waals surface area contributed by atoms with Crippen molar-refractivity contribution in [3.8, 4) is 17.0 Å². The summed E-state index contributed by atoms with van der Waals surface area (Å²) in [6.45, 7) is 0. The average Bonchev–Trinajstić information content (AvgIpc) is 3.05. The van der Waals surface area contributed by atoms with Crippen LogP contribution < -0.4 is 15.7 Å². The van der Waals surface area contributed by atoms with Crippen LogP contribution in [0.4, 0.5) is 16.0 Å². The molecule has 26 heavy (non-hydrogen) atoms. The van der Waals surface area contributed by atoms with Gasteiger partial charge in [-0.05, 0) is 48.5 Å². The monoisotopic (exact) mass is 351 g/mol. The van der Waals surface area contributed by atoms with E-state index in [4.69, 9.17) is 4.74 Å². The zero-order valence-electron chi connectivity index (χ0n) is 13.7. The van der Waals surface area contributed by atoms with Crippen molar-refractivity contribution in [1.82, 2.24) is 19.6 Å².